The van der Waals surface area contributed by atoms with E-state index in [0.717, 1.165) is 70.6 Å². The number of hydrogen-bond donors (Lipinski definition) is 0. The highest BCUT2D eigenvalue weighted by Gasteiger charge is 2.19. The summed E-state index contributed by atoms with van der Waals surface area (Å²) in [4.78, 5) is 37.7. The molecule has 57 heavy (non-hydrogen) atoms. The lowest BCUT2D eigenvalue weighted by atomic mass is 10.0. The van der Waals surface area contributed by atoms with Gasteiger partial charge in [0.05, 0.1) is 0 Å². The van der Waals surface area contributed by atoms with Gasteiger partial charge < -0.3 is 14.2 Å². The number of esters is 3. The molecule has 0 spiro atoms. The van der Waals surface area contributed by atoms with Crippen molar-refractivity contribution in [3.63, 3.8) is 0 Å². The zero-order valence-corrected chi connectivity index (χ0v) is 37.3. The molecule has 0 fully saturated rings. The van der Waals surface area contributed by atoms with Crippen LogP contribution in [0.15, 0.2) is 60.8 Å². The smallest absolute Gasteiger partial charge is 0.306 e. The lowest BCUT2D eigenvalue weighted by Gasteiger charge is -2.18. The lowest BCUT2D eigenvalue weighted by Crippen LogP contribution is -2.30. The third-order valence-corrected chi connectivity index (χ3v) is 10.1. The predicted octanol–water partition coefficient (Wildman–Crippen LogP) is 15.3. The van der Waals surface area contributed by atoms with Crippen molar-refractivity contribution in [3.05, 3.63) is 60.8 Å². The van der Waals surface area contributed by atoms with Gasteiger partial charge in [0.25, 0.3) is 0 Å². The molecule has 0 radical (unpaired) electrons. The van der Waals surface area contributed by atoms with Gasteiger partial charge in [0.1, 0.15) is 13.2 Å². The Morgan fingerprint density at radius 2 is 0.684 bits per heavy atom. The minimum atomic E-state index is -0.797. The van der Waals surface area contributed by atoms with Crippen LogP contribution in [0.5, 0.6) is 0 Å². The van der Waals surface area contributed by atoms with E-state index in [1.807, 2.05) is 6.08 Å². The first-order valence-electron chi connectivity index (χ1n) is 23.8. The van der Waals surface area contributed by atoms with Gasteiger partial charge in [0.15, 0.2) is 6.10 Å². The summed E-state index contributed by atoms with van der Waals surface area (Å²) in [7, 11) is 0. The minimum absolute atomic E-state index is 0.0945. The Balaban J connectivity index is 4.45. The van der Waals surface area contributed by atoms with Crippen LogP contribution in [0.2, 0.25) is 0 Å². The fourth-order valence-electron chi connectivity index (χ4n) is 6.49. The first-order chi connectivity index (χ1) is 28.0. The van der Waals surface area contributed by atoms with Crippen molar-refractivity contribution in [2.24, 2.45) is 0 Å². The van der Waals surface area contributed by atoms with Gasteiger partial charge in [0, 0.05) is 19.3 Å². The van der Waals surface area contributed by atoms with E-state index < -0.39 is 6.10 Å². The molecule has 0 heterocycles. The molecule has 0 aliphatic rings. The van der Waals surface area contributed by atoms with Crippen LogP contribution in [0, 0.1) is 0 Å². The highest BCUT2D eigenvalue weighted by molar-refractivity contribution is 5.71. The van der Waals surface area contributed by atoms with E-state index in [0.29, 0.717) is 19.3 Å². The molecular formula is C51H88O6. The van der Waals surface area contributed by atoms with E-state index >= 15 is 0 Å². The predicted molar refractivity (Wildman–Crippen MR) is 242 cm³/mol. The van der Waals surface area contributed by atoms with Crippen LogP contribution in [0.4, 0.5) is 0 Å². The molecule has 0 rings (SSSR count). The maximum Gasteiger partial charge on any atom is 0.306 e. The lowest BCUT2D eigenvalue weighted by molar-refractivity contribution is -0.166. The van der Waals surface area contributed by atoms with E-state index in [1.54, 1.807) is 0 Å². The SMILES string of the molecule is CC/C=C\C/C=C\C/C=C\C/C=C\C/C=C\CCC(=O)OCC(COC(=O)CCCCCCCCCCC)OC(=O)CCCCCCCCCCCCCCCC. The molecule has 6 heteroatoms. The highest BCUT2D eigenvalue weighted by Crippen LogP contribution is 2.15. The summed E-state index contributed by atoms with van der Waals surface area (Å²) in [6.45, 7) is 6.43. The highest BCUT2D eigenvalue weighted by atomic mass is 16.6. The average Bonchev–Trinajstić information content (AvgIpc) is 3.21. The third kappa shape index (κ3) is 44.1. The Morgan fingerprint density at radius 1 is 0.368 bits per heavy atom. The second-order valence-electron chi connectivity index (χ2n) is 15.6. The molecule has 1 unspecified atom stereocenters. The maximum atomic E-state index is 12.7. The Hall–Kier alpha value is -2.89. The molecule has 328 valence electrons. The minimum Gasteiger partial charge on any atom is -0.462 e. The summed E-state index contributed by atoms with van der Waals surface area (Å²) >= 11 is 0. The standard InChI is InChI=1S/C51H88O6/c1-4-7-10-13-16-19-21-23-25-26-28-29-32-35-38-41-44-50(53)56-47-48(46-55-49(52)43-40-37-34-31-18-15-12-9-6-3)57-51(54)45-42-39-36-33-30-27-24-22-20-17-14-11-8-5-2/h7,10,16,19,23,25,28-29,35,38,48H,4-6,8-9,11-15,17-18,20-22,24,26-27,30-34,36-37,39-47H2,1-3H3/b10-7-,19-16-,25-23-,29-28-,38-35-. The number of ether oxygens (including phenoxy) is 3. The molecule has 0 aromatic carbocycles. The van der Waals surface area contributed by atoms with Crippen molar-refractivity contribution in [1.82, 2.24) is 0 Å². The number of hydrogen-bond acceptors (Lipinski definition) is 6. The molecule has 0 aromatic rings. The van der Waals surface area contributed by atoms with Crippen molar-refractivity contribution < 1.29 is 28.6 Å². The Bertz CT molecular complexity index is 1050. The van der Waals surface area contributed by atoms with Crippen molar-refractivity contribution in [2.45, 2.75) is 232 Å². The largest absolute Gasteiger partial charge is 0.462 e. The number of rotatable bonds is 42. The van der Waals surface area contributed by atoms with E-state index in [9.17, 15) is 14.4 Å². The average molecular weight is 797 g/mol. The van der Waals surface area contributed by atoms with Gasteiger partial charge in [-0.15, -0.1) is 0 Å². The monoisotopic (exact) mass is 797 g/mol. The molecular weight excluding hydrogens is 709 g/mol. The van der Waals surface area contributed by atoms with Gasteiger partial charge in [-0.1, -0.05) is 216 Å². The van der Waals surface area contributed by atoms with E-state index in [4.69, 9.17) is 14.2 Å². The van der Waals surface area contributed by atoms with Crippen molar-refractivity contribution >= 4 is 17.9 Å². The maximum absolute atomic E-state index is 12.7. The molecule has 0 saturated carbocycles. The van der Waals surface area contributed by atoms with E-state index in [-0.39, 0.29) is 37.5 Å². The van der Waals surface area contributed by atoms with Crippen molar-refractivity contribution in [3.8, 4) is 0 Å². The van der Waals surface area contributed by atoms with Crippen molar-refractivity contribution in [2.75, 3.05) is 13.2 Å². The van der Waals surface area contributed by atoms with Gasteiger partial charge >= 0.3 is 17.9 Å². The number of allylic oxidation sites excluding steroid dienone is 10. The first kappa shape index (κ1) is 54.1. The summed E-state index contributed by atoms with van der Waals surface area (Å²) in [6, 6.07) is 0. The molecule has 6 nitrogen and oxygen atoms in total. The van der Waals surface area contributed by atoms with Gasteiger partial charge in [-0.05, 0) is 51.4 Å². The fraction of sp³-hybridized carbons (Fsp3) is 0.745. The Morgan fingerprint density at radius 3 is 1.07 bits per heavy atom. The Labute approximate surface area is 351 Å². The zero-order chi connectivity index (χ0) is 41.5. The molecule has 0 aliphatic carbocycles. The van der Waals surface area contributed by atoms with Gasteiger partial charge in [-0.2, -0.15) is 0 Å². The molecule has 0 N–H and O–H groups in total. The van der Waals surface area contributed by atoms with Gasteiger partial charge in [-0.25, -0.2) is 0 Å². The van der Waals surface area contributed by atoms with E-state index in [2.05, 4.69) is 75.5 Å². The number of carbonyl (C=O) groups excluding carboxylic acids is 3. The van der Waals surface area contributed by atoms with Crippen LogP contribution >= 0.6 is 0 Å². The molecule has 0 saturated heterocycles. The molecule has 1 atom stereocenters. The zero-order valence-electron chi connectivity index (χ0n) is 37.3. The molecule has 0 aromatic heterocycles. The quantitative estimate of drug-likeness (QED) is 0.0265. The summed E-state index contributed by atoms with van der Waals surface area (Å²) < 4.78 is 16.6. The van der Waals surface area contributed by atoms with Crippen LogP contribution in [0.1, 0.15) is 226 Å². The van der Waals surface area contributed by atoms with Crippen LogP contribution in [0.3, 0.4) is 0 Å². The van der Waals surface area contributed by atoms with Crippen LogP contribution in [-0.2, 0) is 28.6 Å². The van der Waals surface area contributed by atoms with Crippen LogP contribution in [-0.4, -0.2) is 37.2 Å². The Kier molecular flexibility index (Phi) is 43.5. The van der Waals surface area contributed by atoms with Gasteiger partial charge in [-0.3, -0.25) is 14.4 Å². The van der Waals surface area contributed by atoms with Gasteiger partial charge in [0.2, 0.25) is 0 Å². The third-order valence-electron chi connectivity index (χ3n) is 10.1. The van der Waals surface area contributed by atoms with Crippen molar-refractivity contribution in [1.29, 1.82) is 0 Å². The number of unbranched alkanes of at least 4 members (excludes halogenated alkanes) is 21. The van der Waals surface area contributed by atoms with Crippen LogP contribution in [0.25, 0.3) is 0 Å². The summed E-state index contributed by atoms with van der Waals surface area (Å²) in [5, 5.41) is 0. The normalized spacial score (nSPS) is 12.5. The fourth-order valence-corrected chi connectivity index (χ4v) is 6.49. The number of carbonyl (C=O) groups is 3. The summed E-state index contributed by atoms with van der Waals surface area (Å²) in [6.07, 6.45) is 55.0. The topological polar surface area (TPSA) is 78.9 Å². The van der Waals surface area contributed by atoms with Crippen LogP contribution < -0.4 is 0 Å². The summed E-state index contributed by atoms with van der Waals surface area (Å²) in [5.41, 5.74) is 0. The molecule has 0 amide bonds. The summed E-state index contributed by atoms with van der Waals surface area (Å²) in [5.74, 6) is -0.982. The first-order valence-corrected chi connectivity index (χ1v) is 23.8. The molecule has 0 aliphatic heterocycles. The molecule has 0 bridgehead atoms. The second kappa shape index (κ2) is 45.8. The van der Waals surface area contributed by atoms with E-state index in [1.165, 1.54) is 109 Å². The second-order valence-corrected chi connectivity index (χ2v) is 15.6.